The molecular weight excluding hydrogens is 268 g/mol. The van der Waals surface area contributed by atoms with Gasteiger partial charge in [0.2, 0.25) is 0 Å². The van der Waals surface area contributed by atoms with E-state index in [4.69, 9.17) is 11.6 Å². The van der Waals surface area contributed by atoms with E-state index in [-0.39, 0.29) is 10.7 Å². The van der Waals surface area contributed by atoms with E-state index in [2.05, 4.69) is 24.0 Å². The van der Waals surface area contributed by atoms with Crippen LogP contribution in [-0.2, 0) is 19.4 Å². The molecule has 0 amide bonds. The van der Waals surface area contributed by atoms with Gasteiger partial charge in [-0.3, -0.25) is 9.36 Å². The molecule has 0 atom stereocenters. The van der Waals surface area contributed by atoms with E-state index < -0.39 is 0 Å². The molecular formula is C13H15ClN2OS. The standard InChI is InChI=1S/C13H15ClN2OS/c1-3-9-5-6-10(18-9)8-16-12(4-2)15-11(14)7-13(16)17/h5-7H,3-4,8H2,1-2H3. The smallest absolute Gasteiger partial charge is 0.255 e. The second-order valence-electron chi connectivity index (χ2n) is 3.99. The minimum absolute atomic E-state index is 0.0849. The van der Waals surface area contributed by atoms with E-state index in [0.29, 0.717) is 13.0 Å². The molecule has 3 nitrogen and oxygen atoms in total. The van der Waals surface area contributed by atoms with E-state index in [1.807, 2.05) is 6.92 Å². The monoisotopic (exact) mass is 282 g/mol. The number of hydrogen-bond acceptors (Lipinski definition) is 3. The van der Waals surface area contributed by atoms with Crippen molar-refractivity contribution >= 4 is 22.9 Å². The molecule has 96 valence electrons. The highest BCUT2D eigenvalue weighted by Gasteiger charge is 2.08. The Hall–Kier alpha value is -1.13. The Morgan fingerprint density at radius 1 is 1.28 bits per heavy atom. The van der Waals surface area contributed by atoms with Crippen LogP contribution < -0.4 is 5.56 Å². The SMILES string of the molecule is CCc1ccc(Cn2c(CC)nc(Cl)cc2=O)s1. The molecule has 0 saturated carbocycles. The Balaban J connectivity index is 2.36. The van der Waals surface area contributed by atoms with Crippen LogP contribution in [0.4, 0.5) is 0 Å². The van der Waals surface area contributed by atoms with Crippen LogP contribution in [0.1, 0.15) is 29.4 Å². The number of aryl methyl sites for hydroxylation is 2. The van der Waals surface area contributed by atoms with Crippen molar-refractivity contribution in [3.63, 3.8) is 0 Å². The van der Waals surface area contributed by atoms with Crippen LogP contribution in [-0.4, -0.2) is 9.55 Å². The zero-order valence-electron chi connectivity index (χ0n) is 10.4. The molecule has 0 aromatic carbocycles. The van der Waals surface area contributed by atoms with Gasteiger partial charge in [0.05, 0.1) is 6.54 Å². The van der Waals surface area contributed by atoms with Gasteiger partial charge in [-0.1, -0.05) is 25.4 Å². The number of nitrogens with zero attached hydrogens (tertiary/aromatic N) is 2. The van der Waals surface area contributed by atoms with E-state index in [1.165, 1.54) is 15.8 Å². The highest BCUT2D eigenvalue weighted by molar-refractivity contribution is 7.11. The Bertz CT molecular complexity index is 603. The molecule has 0 spiro atoms. The van der Waals surface area contributed by atoms with E-state index in [1.54, 1.807) is 15.9 Å². The first-order valence-corrected chi connectivity index (χ1v) is 7.17. The molecule has 18 heavy (non-hydrogen) atoms. The first kappa shape index (κ1) is 13.3. The minimum Gasteiger partial charge on any atom is -0.291 e. The van der Waals surface area contributed by atoms with Crippen molar-refractivity contribution in [2.75, 3.05) is 0 Å². The van der Waals surface area contributed by atoms with Crippen LogP contribution in [0.3, 0.4) is 0 Å². The summed E-state index contributed by atoms with van der Waals surface area (Å²) >= 11 is 7.55. The second-order valence-corrected chi connectivity index (χ2v) is 5.63. The highest BCUT2D eigenvalue weighted by Crippen LogP contribution is 2.18. The summed E-state index contributed by atoms with van der Waals surface area (Å²) in [6, 6.07) is 5.55. The molecule has 2 heterocycles. The predicted octanol–water partition coefficient (Wildman–Crippen LogP) is 3.13. The summed E-state index contributed by atoms with van der Waals surface area (Å²) in [7, 11) is 0. The van der Waals surface area contributed by atoms with Crippen LogP contribution in [0.25, 0.3) is 0 Å². The van der Waals surface area contributed by atoms with Crippen molar-refractivity contribution in [2.24, 2.45) is 0 Å². The maximum absolute atomic E-state index is 11.9. The van der Waals surface area contributed by atoms with Gasteiger partial charge in [0, 0.05) is 22.2 Å². The van der Waals surface area contributed by atoms with Gasteiger partial charge >= 0.3 is 0 Å². The predicted molar refractivity (Wildman–Crippen MR) is 75.7 cm³/mol. The van der Waals surface area contributed by atoms with Gasteiger partial charge in [-0.05, 0) is 18.6 Å². The number of halogens is 1. The lowest BCUT2D eigenvalue weighted by Crippen LogP contribution is -2.24. The van der Waals surface area contributed by atoms with Crippen LogP contribution in [0.2, 0.25) is 5.15 Å². The van der Waals surface area contributed by atoms with Crippen molar-refractivity contribution < 1.29 is 0 Å². The molecule has 2 rings (SSSR count). The molecule has 5 heteroatoms. The summed E-state index contributed by atoms with van der Waals surface area (Å²) in [6.07, 6.45) is 1.72. The molecule has 0 unspecified atom stereocenters. The van der Waals surface area contributed by atoms with E-state index in [9.17, 15) is 4.79 Å². The molecule has 0 radical (unpaired) electrons. The van der Waals surface area contributed by atoms with Gasteiger partial charge in [-0.2, -0.15) is 0 Å². The van der Waals surface area contributed by atoms with Crippen LogP contribution in [0, 0.1) is 0 Å². The van der Waals surface area contributed by atoms with E-state index in [0.717, 1.165) is 12.2 Å². The van der Waals surface area contributed by atoms with E-state index >= 15 is 0 Å². The first-order valence-electron chi connectivity index (χ1n) is 5.97. The summed E-state index contributed by atoms with van der Waals surface area (Å²) in [5.74, 6) is 0.735. The Morgan fingerprint density at radius 3 is 2.61 bits per heavy atom. The molecule has 0 fully saturated rings. The lowest BCUT2D eigenvalue weighted by atomic mass is 10.3. The fraction of sp³-hybridized carbons (Fsp3) is 0.385. The van der Waals surface area contributed by atoms with Crippen LogP contribution in [0.5, 0.6) is 0 Å². The maximum Gasteiger partial charge on any atom is 0.255 e. The fourth-order valence-electron chi connectivity index (χ4n) is 1.82. The molecule has 2 aromatic heterocycles. The Morgan fingerprint density at radius 2 is 2.00 bits per heavy atom. The van der Waals surface area contributed by atoms with Gasteiger partial charge in [-0.15, -0.1) is 11.3 Å². The molecule has 0 aliphatic heterocycles. The number of aromatic nitrogens is 2. The topological polar surface area (TPSA) is 34.9 Å². The average molecular weight is 283 g/mol. The summed E-state index contributed by atoms with van der Waals surface area (Å²) in [6.45, 7) is 4.68. The Labute approximate surface area is 115 Å². The quantitative estimate of drug-likeness (QED) is 0.808. The third-order valence-corrected chi connectivity index (χ3v) is 4.16. The summed E-state index contributed by atoms with van der Waals surface area (Å²) in [5.41, 5.74) is -0.0849. The molecule has 0 bridgehead atoms. The number of rotatable bonds is 4. The molecule has 0 aliphatic carbocycles. The van der Waals surface area contributed by atoms with Gasteiger partial charge in [-0.25, -0.2) is 4.98 Å². The Kier molecular flexibility index (Phi) is 4.19. The van der Waals surface area contributed by atoms with Crippen molar-refractivity contribution in [1.29, 1.82) is 0 Å². The normalized spacial score (nSPS) is 10.8. The third-order valence-electron chi connectivity index (χ3n) is 2.75. The average Bonchev–Trinajstić information content (AvgIpc) is 2.80. The lowest BCUT2D eigenvalue weighted by Gasteiger charge is -2.09. The highest BCUT2D eigenvalue weighted by atomic mass is 35.5. The molecule has 0 N–H and O–H groups in total. The van der Waals surface area contributed by atoms with Gasteiger partial charge < -0.3 is 0 Å². The number of thiophene rings is 1. The van der Waals surface area contributed by atoms with Gasteiger partial charge in [0.1, 0.15) is 11.0 Å². The van der Waals surface area contributed by atoms with Gasteiger partial charge in [0.15, 0.2) is 0 Å². The van der Waals surface area contributed by atoms with Crippen molar-refractivity contribution in [2.45, 2.75) is 33.2 Å². The molecule has 0 saturated heterocycles. The third kappa shape index (κ3) is 2.82. The van der Waals surface area contributed by atoms with Crippen molar-refractivity contribution in [3.05, 3.63) is 49.3 Å². The van der Waals surface area contributed by atoms with Crippen LogP contribution in [0.15, 0.2) is 23.0 Å². The lowest BCUT2D eigenvalue weighted by molar-refractivity contribution is 0.681. The largest absolute Gasteiger partial charge is 0.291 e. The second kappa shape index (κ2) is 5.67. The first-order chi connectivity index (χ1) is 8.63. The van der Waals surface area contributed by atoms with Crippen LogP contribution >= 0.6 is 22.9 Å². The molecule has 0 aliphatic rings. The van der Waals surface area contributed by atoms with Crippen molar-refractivity contribution in [3.8, 4) is 0 Å². The maximum atomic E-state index is 11.9. The van der Waals surface area contributed by atoms with Gasteiger partial charge in [0.25, 0.3) is 5.56 Å². The zero-order valence-corrected chi connectivity index (χ0v) is 12.0. The van der Waals surface area contributed by atoms with Crippen molar-refractivity contribution in [1.82, 2.24) is 9.55 Å². The summed E-state index contributed by atoms with van der Waals surface area (Å²) < 4.78 is 1.69. The minimum atomic E-state index is -0.0849. The zero-order chi connectivity index (χ0) is 13.1. The fourth-order valence-corrected chi connectivity index (χ4v) is 2.95. The summed E-state index contributed by atoms with van der Waals surface area (Å²) in [5, 5.41) is 0.272. The summed E-state index contributed by atoms with van der Waals surface area (Å²) in [4.78, 5) is 18.7. The molecule has 2 aromatic rings. The number of hydrogen-bond donors (Lipinski definition) is 0.